The van der Waals surface area contributed by atoms with Crippen molar-refractivity contribution in [1.29, 1.82) is 0 Å². The van der Waals surface area contributed by atoms with Crippen LogP contribution in [0.2, 0.25) is 0 Å². The van der Waals surface area contributed by atoms with Crippen LogP contribution in [0.4, 0.5) is 0 Å². The number of aryl methyl sites for hydroxylation is 2. The molecule has 4 aromatic rings. The van der Waals surface area contributed by atoms with E-state index in [1.807, 2.05) is 25.1 Å². The lowest BCUT2D eigenvalue weighted by Gasteiger charge is -2.34. The first-order valence-corrected chi connectivity index (χ1v) is 10.6. The van der Waals surface area contributed by atoms with Gasteiger partial charge in [-0.15, -0.1) is 0 Å². The number of piperazine rings is 1. The van der Waals surface area contributed by atoms with Crippen LogP contribution in [-0.4, -0.2) is 62.3 Å². The lowest BCUT2D eigenvalue weighted by atomic mass is 10.2. The molecule has 3 aromatic heterocycles. The average Bonchev–Trinajstić information content (AvgIpc) is 3.47. The van der Waals surface area contributed by atoms with Crippen LogP contribution in [0.1, 0.15) is 22.5 Å². The van der Waals surface area contributed by atoms with E-state index in [-0.39, 0.29) is 30.3 Å². The summed E-state index contributed by atoms with van der Waals surface area (Å²) in [6.07, 6.45) is 3.17. The second-order valence-corrected chi connectivity index (χ2v) is 8.04. The summed E-state index contributed by atoms with van der Waals surface area (Å²) in [6.45, 7) is 4.07. The molecule has 32 heavy (non-hydrogen) atoms. The number of hydrogen-bond donors (Lipinski definition) is 1. The molecule has 0 atom stereocenters. The molecule has 0 saturated carbocycles. The molecule has 5 rings (SSSR count). The molecule has 1 aliphatic heterocycles. The van der Waals surface area contributed by atoms with Crippen LogP contribution in [0.15, 0.2) is 52.1 Å². The first kappa shape index (κ1) is 20.0. The Labute approximate surface area is 183 Å². The summed E-state index contributed by atoms with van der Waals surface area (Å²) in [5.74, 6) is 0.0927. The minimum absolute atomic E-state index is 0.0469. The number of fused-ring (bicyclic) bond motifs is 3. The predicted molar refractivity (Wildman–Crippen MR) is 118 cm³/mol. The molecule has 9 heteroatoms. The lowest BCUT2D eigenvalue weighted by Crippen LogP contribution is -2.50. The van der Waals surface area contributed by atoms with Gasteiger partial charge in [0.15, 0.2) is 5.76 Å². The van der Waals surface area contributed by atoms with E-state index < -0.39 is 0 Å². The number of hydrogen-bond acceptors (Lipinski definition) is 5. The molecule has 1 fully saturated rings. The Balaban J connectivity index is 1.23. The summed E-state index contributed by atoms with van der Waals surface area (Å²) in [4.78, 5) is 49.0. The van der Waals surface area contributed by atoms with Gasteiger partial charge in [0.05, 0.1) is 12.6 Å². The van der Waals surface area contributed by atoms with Crippen LogP contribution in [0.5, 0.6) is 0 Å². The van der Waals surface area contributed by atoms with Gasteiger partial charge in [-0.1, -0.05) is 11.6 Å². The summed E-state index contributed by atoms with van der Waals surface area (Å²) in [5, 5.41) is 0.919. The number of furan rings is 1. The van der Waals surface area contributed by atoms with E-state index in [1.165, 1.54) is 17.2 Å². The van der Waals surface area contributed by atoms with E-state index in [1.54, 1.807) is 21.9 Å². The zero-order chi connectivity index (χ0) is 22.2. The molecule has 0 spiro atoms. The van der Waals surface area contributed by atoms with Crippen molar-refractivity contribution in [2.45, 2.75) is 19.9 Å². The average molecular weight is 433 g/mol. The van der Waals surface area contributed by atoms with Crippen molar-refractivity contribution in [2.24, 2.45) is 0 Å². The number of benzene rings is 1. The number of aromatic amines is 1. The molecule has 164 valence electrons. The zero-order valence-corrected chi connectivity index (χ0v) is 17.7. The topological polar surface area (TPSA) is 104 Å². The molecule has 1 aromatic carbocycles. The highest BCUT2D eigenvalue weighted by molar-refractivity contribution is 6.04. The summed E-state index contributed by atoms with van der Waals surface area (Å²) in [7, 11) is 0. The molecule has 1 aliphatic rings. The van der Waals surface area contributed by atoms with Gasteiger partial charge >= 0.3 is 0 Å². The van der Waals surface area contributed by atoms with Crippen molar-refractivity contribution < 1.29 is 14.0 Å². The number of nitrogens with zero attached hydrogens (tertiary/aromatic N) is 4. The predicted octanol–water partition coefficient (Wildman–Crippen LogP) is 2.15. The maximum Gasteiger partial charge on any atom is 0.289 e. The summed E-state index contributed by atoms with van der Waals surface area (Å²) >= 11 is 0. The van der Waals surface area contributed by atoms with Gasteiger partial charge in [0.1, 0.15) is 11.0 Å². The van der Waals surface area contributed by atoms with E-state index >= 15 is 0 Å². The van der Waals surface area contributed by atoms with Crippen molar-refractivity contribution in [2.75, 3.05) is 26.2 Å². The summed E-state index contributed by atoms with van der Waals surface area (Å²) in [5.41, 5.74) is 2.87. The lowest BCUT2D eigenvalue weighted by molar-refractivity contribution is -0.132. The third kappa shape index (κ3) is 3.55. The first-order valence-electron chi connectivity index (χ1n) is 10.6. The van der Waals surface area contributed by atoms with Gasteiger partial charge in [0.2, 0.25) is 5.91 Å². The minimum Gasteiger partial charge on any atom is -0.459 e. The number of carbonyl (C=O) groups excluding carboxylic acids is 2. The normalized spacial score (nSPS) is 14.4. The molecule has 0 bridgehead atoms. The quantitative estimate of drug-likeness (QED) is 0.531. The maximum atomic E-state index is 12.9. The molecule has 4 heterocycles. The standard InChI is InChI=1S/C23H23N5O4/c1-15-4-5-17-16(13-15)20-21(25-17)23(31)28(14-24-20)7-6-19(29)26-8-10-27(11-9-26)22(30)18-3-2-12-32-18/h2-5,12-14,25H,6-11H2,1H3. The molecule has 1 N–H and O–H groups in total. The smallest absolute Gasteiger partial charge is 0.289 e. The number of amides is 2. The molecular weight excluding hydrogens is 410 g/mol. The Morgan fingerprint density at radius 2 is 1.91 bits per heavy atom. The Kier molecular flexibility index (Phi) is 5.01. The van der Waals surface area contributed by atoms with E-state index in [0.29, 0.717) is 43.0 Å². The number of nitrogens with one attached hydrogen (secondary N) is 1. The third-order valence-electron chi connectivity index (χ3n) is 5.95. The fourth-order valence-corrected chi connectivity index (χ4v) is 4.15. The number of aromatic nitrogens is 3. The van der Waals surface area contributed by atoms with Crippen molar-refractivity contribution in [3.05, 3.63) is 64.6 Å². The fraction of sp³-hybridized carbons (Fsp3) is 0.304. The molecule has 9 nitrogen and oxygen atoms in total. The highest BCUT2D eigenvalue weighted by atomic mass is 16.3. The zero-order valence-electron chi connectivity index (χ0n) is 17.7. The SMILES string of the molecule is Cc1ccc2[nH]c3c(=O)n(CCC(=O)N4CCN(C(=O)c5ccco5)CC4)cnc3c2c1. The second-order valence-electron chi connectivity index (χ2n) is 8.04. The van der Waals surface area contributed by atoms with E-state index in [9.17, 15) is 14.4 Å². The van der Waals surface area contributed by atoms with Gasteiger partial charge in [-0.2, -0.15) is 0 Å². The molecule has 0 radical (unpaired) electrons. The van der Waals surface area contributed by atoms with E-state index in [2.05, 4.69) is 9.97 Å². The Morgan fingerprint density at radius 1 is 1.12 bits per heavy atom. The highest BCUT2D eigenvalue weighted by Crippen LogP contribution is 2.22. The monoisotopic (exact) mass is 433 g/mol. The van der Waals surface area contributed by atoms with Crippen molar-refractivity contribution in [3.8, 4) is 0 Å². The van der Waals surface area contributed by atoms with Crippen LogP contribution in [0.25, 0.3) is 21.9 Å². The third-order valence-corrected chi connectivity index (χ3v) is 5.95. The molecular formula is C23H23N5O4. The van der Waals surface area contributed by atoms with Gasteiger partial charge in [-0.25, -0.2) is 4.98 Å². The van der Waals surface area contributed by atoms with Crippen LogP contribution in [0, 0.1) is 6.92 Å². The molecule has 1 saturated heterocycles. The van der Waals surface area contributed by atoms with E-state index in [4.69, 9.17) is 4.42 Å². The molecule has 0 aliphatic carbocycles. The van der Waals surface area contributed by atoms with Crippen LogP contribution < -0.4 is 5.56 Å². The minimum atomic E-state index is -0.189. The van der Waals surface area contributed by atoms with Crippen LogP contribution in [-0.2, 0) is 11.3 Å². The Morgan fingerprint density at radius 3 is 2.66 bits per heavy atom. The van der Waals surface area contributed by atoms with E-state index in [0.717, 1.165) is 16.5 Å². The number of carbonyl (C=O) groups is 2. The fourth-order valence-electron chi connectivity index (χ4n) is 4.15. The van der Waals surface area contributed by atoms with Crippen LogP contribution in [0.3, 0.4) is 0 Å². The first-order chi connectivity index (χ1) is 15.5. The van der Waals surface area contributed by atoms with Gasteiger partial charge in [-0.3, -0.25) is 19.0 Å². The van der Waals surface area contributed by atoms with Gasteiger partial charge in [0.25, 0.3) is 11.5 Å². The van der Waals surface area contributed by atoms with Crippen molar-refractivity contribution >= 4 is 33.8 Å². The van der Waals surface area contributed by atoms with Crippen LogP contribution >= 0.6 is 0 Å². The summed E-state index contributed by atoms with van der Waals surface area (Å²) < 4.78 is 6.64. The largest absolute Gasteiger partial charge is 0.459 e. The number of H-pyrrole nitrogens is 1. The summed E-state index contributed by atoms with van der Waals surface area (Å²) in [6, 6.07) is 9.24. The Bertz CT molecular complexity index is 1360. The number of rotatable bonds is 4. The second kappa shape index (κ2) is 7.99. The van der Waals surface area contributed by atoms with Crippen molar-refractivity contribution in [3.63, 3.8) is 0 Å². The Hall–Kier alpha value is -3.88. The van der Waals surface area contributed by atoms with Crippen molar-refractivity contribution in [1.82, 2.24) is 24.3 Å². The van der Waals surface area contributed by atoms with Gasteiger partial charge in [0, 0.05) is 50.0 Å². The molecule has 0 unspecified atom stereocenters. The maximum absolute atomic E-state index is 12.9. The van der Waals surface area contributed by atoms with Gasteiger partial charge < -0.3 is 19.2 Å². The van der Waals surface area contributed by atoms with Gasteiger partial charge in [-0.05, 0) is 31.2 Å². The molecule has 2 amide bonds. The highest BCUT2D eigenvalue weighted by Gasteiger charge is 2.26.